The van der Waals surface area contributed by atoms with Gasteiger partial charge in [0.2, 0.25) is 0 Å². The van der Waals surface area contributed by atoms with Crippen molar-refractivity contribution < 1.29 is 31.5 Å². The molecule has 0 atom stereocenters. The first kappa shape index (κ1) is 23.1. The number of alkyl halides is 2. The molecule has 1 aliphatic rings. The number of esters is 1. The molecule has 0 spiro atoms. The first-order valence-electron chi connectivity index (χ1n) is 9.28. The molecule has 1 heterocycles. The number of methoxy groups -OCH3 is 2. The lowest BCUT2D eigenvalue weighted by atomic mass is 10.1. The van der Waals surface area contributed by atoms with Crippen molar-refractivity contribution in [2.75, 3.05) is 36.9 Å². The van der Waals surface area contributed by atoms with Gasteiger partial charge < -0.3 is 14.4 Å². The lowest BCUT2D eigenvalue weighted by molar-refractivity contribution is -0.0116. The van der Waals surface area contributed by atoms with Crippen LogP contribution < -0.4 is 14.4 Å². The van der Waals surface area contributed by atoms with Crippen molar-refractivity contribution in [1.29, 1.82) is 0 Å². The highest BCUT2D eigenvalue weighted by Crippen LogP contribution is 2.37. The average molecular weight is 475 g/mol. The van der Waals surface area contributed by atoms with Gasteiger partial charge in [0.15, 0.2) is 0 Å². The van der Waals surface area contributed by atoms with Gasteiger partial charge in [0.25, 0.3) is 15.9 Å². The molecule has 1 aliphatic heterocycles. The quantitative estimate of drug-likeness (QED) is 0.632. The number of nitrogens with zero attached hydrogens (tertiary/aromatic N) is 1. The molecule has 2 aromatic carbocycles. The Labute approximate surface area is 183 Å². The number of rotatable bonds is 6. The van der Waals surface area contributed by atoms with Crippen LogP contribution in [0.15, 0.2) is 41.3 Å². The maximum atomic E-state index is 13.9. The van der Waals surface area contributed by atoms with E-state index in [1.165, 1.54) is 49.5 Å². The third kappa shape index (κ3) is 5.19. The van der Waals surface area contributed by atoms with Crippen molar-refractivity contribution in [1.82, 2.24) is 0 Å². The SMILES string of the molecule is COC(=O)c1ccc(OC)c(S(=O)(=O)Nc2cc(Cl)ccc2N2CCCC(F)(F)C2)c1. The van der Waals surface area contributed by atoms with E-state index in [2.05, 4.69) is 9.46 Å². The maximum absolute atomic E-state index is 13.9. The van der Waals surface area contributed by atoms with Crippen LogP contribution >= 0.6 is 11.6 Å². The van der Waals surface area contributed by atoms with E-state index in [-0.39, 0.29) is 45.4 Å². The molecule has 1 saturated heterocycles. The molecule has 0 unspecified atom stereocenters. The smallest absolute Gasteiger partial charge is 0.337 e. The topological polar surface area (TPSA) is 84.9 Å². The van der Waals surface area contributed by atoms with Crippen LogP contribution in [0.3, 0.4) is 0 Å². The van der Waals surface area contributed by atoms with Crippen molar-refractivity contribution in [3.8, 4) is 5.75 Å². The van der Waals surface area contributed by atoms with Crippen molar-refractivity contribution in [3.05, 3.63) is 47.0 Å². The van der Waals surface area contributed by atoms with Crippen LogP contribution in [0.5, 0.6) is 5.75 Å². The zero-order valence-corrected chi connectivity index (χ0v) is 18.4. The molecule has 31 heavy (non-hydrogen) atoms. The Bertz CT molecular complexity index is 1090. The minimum absolute atomic E-state index is 0.00525. The van der Waals surface area contributed by atoms with Gasteiger partial charge in [-0.3, -0.25) is 4.72 Å². The fourth-order valence-electron chi connectivity index (χ4n) is 3.37. The molecular weight excluding hydrogens is 454 g/mol. The van der Waals surface area contributed by atoms with Crippen molar-refractivity contribution >= 4 is 39.0 Å². The van der Waals surface area contributed by atoms with Crippen LogP contribution in [0.2, 0.25) is 5.02 Å². The Kier molecular flexibility index (Phi) is 6.61. The molecule has 11 heteroatoms. The lowest BCUT2D eigenvalue weighted by Crippen LogP contribution is -2.43. The summed E-state index contributed by atoms with van der Waals surface area (Å²) in [5, 5.41) is 0.223. The maximum Gasteiger partial charge on any atom is 0.337 e. The number of benzene rings is 2. The predicted octanol–water partition coefficient (Wildman–Crippen LogP) is 4.17. The summed E-state index contributed by atoms with van der Waals surface area (Å²) < 4.78 is 66.4. The van der Waals surface area contributed by atoms with Crippen LogP contribution in [0, 0.1) is 0 Å². The molecule has 0 aromatic heterocycles. The van der Waals surface area contributed by atoms with Crippen LogP contribution in [0.4, 0.5) is 20.2 Å². The molecule has 1 N–H and O–H groups in total. The van der Waals surface area contributed by atoms with E-state index in [1.54, 1.807) is 0 Å². The van der Waals surface area contributed by atoms with Crippen LogP contribution in [-0.2, 0) is 14.8 Å². The Morgan fingerprint density at radius 2 is 1.94 bits per heavy atom. The van der Waals surface area contributed by atoms with E-state index in [1.807, 2.05) is 0 Å². The fraction of sp³-hybridized carbons (Fsp3) is 0.350. The molecule has 3 rings (SSSR count). The van der Waals surface area contributed by atoms with Gasteiger partial charge in [0.1, 0.15) is 10.6 Å². The predicted molar refractivity (Wildman–Crippen MR) is 113 cm³/mol. The number of carbonyl (C=O) groups is 1. The van der Waals surface area contributed by atoms with Crippen molar-refractivity contribution in [2.24, 2.45) is 0 Å². The Hall–Kier alpha value is -2.59. The van der Waals surface area contributed by atoms with Gasteiger partial charge in [-0.1, -0.05) is 11.6 Å². The van der Waals surface area contributed by atoms with Gasteiger partial charge in [0.05, 0.1) is 37.7 Å². The number of ether oxygens (including phenoxy) is 2. The Morgan fingerprint density at radius 3 is 2.58 bits per heavy atom. The minimum atomic E-state index is -4.28. The first-order valence-corrected chi connectivity index (χ1v) is 11.1. The number of carbonyl (C=O) groups excluding carboxylic acids is 1. The number of halogens is 3. The number of piperidine rings is 1. The van der Waals surface area contributed by atoms with Crippen molar-refractivity contribution in [2.45, 2.75) is 23.7 Å². The van der Waals surface area contributed by atoms with Crippen LogP contribution in [0.1, 0.15) is 23.2 Å². The summed E-state index contributed by atoms with van der Waals surface area (Å²) in [5.74, 6) is -3.61. The van der Waals surface area contributed by atoms with E-state index in [9.17, 15) is 22.0 Å². The van der Waals surface area contributed by atoms with E-state index in [4.69, 9.17) is 16.3 Å². The Balaban J connectivity index is 2.02. The van der Waals surface area contributed by atoms with Gasteiger partial charge in [-0.25, -0.2) is 22.0 Å². The van der Waals surface area contributed by atoms with Gasteiger partial charge >= 0.3 is 5.97 Å². The summed E-state index contributed by atoms with van der Waals surface area (Å²) >= 11 is 6.04. The third-order valence-electron chi connectivity index (χ3n) is 4.81. The monoisotopic (exact) mass is 474 g/mol. The summed E-state index contributed by atoms with van der Waals surface area (Å²) in [7, 11) is -1.83. The average Bonchev–Trinajstić information content (AvgIpc) is 2.71. The summed E-state index contributed by atoms with van der Waals surface area (Å²) in [6.45, 7) is -0.197. The molecule has 0 saturated carbocycles. The second-order valence-corrected chi connectivity index (χ2v) is 9.09. The van der Waals surface area contributed by atoms with Gasteiger partial charge in [0, 0.05) is 18.0 Å². The number of anilines is 2. The minimum Gasteiger partial charge on any atom is -0.495 e. The lowest BCUT2D eigenvalue weighted by Gasteiger charge is -2.35. The number of hydrogen-bond donors (Lipinski definition) is 1. The molecule has 0 amide bonds. The van der Waals surface area contributed by atoms with Gasteiger partial charge in [-0.05, 0) is 42.8 Å². The summed E-state index contributed by atoms with van der Waals surface area (Å²) in [4.78, 5) is 12.9. The zero-order chi connectivity index (χ0) is 22.8. The summed E-state index contributed by atoms with van der Waals surface area (Å²) in [6, 6.07) is 8.14. The van der Waals surface area contributed by atoms with Crippen LogP contribution in [0.25, 0.3) is 0 Å². The molecular formula is C20H21ClF2N2O5S. The molecule has 1 fully saturated rings. The normalized spacial score (nSPS) is 16.0. The first-order chi connectivity index (χ1) is 14.6. The van der Waals surface area contributed by atoms with Crippen molar-refractivity contribution in [3.63, 3.8) is 0 Å². The number of hydrogen-bond acceptors (Lipinski definition) is 6. The number of sulfonamides is 1. The Morgan fingerprint density at radius 1 is 1.19 bits per heavy atom. The highest BCUT2D eigenvalue weighted by molar-refractivity contribution is 7.92. The van der Waals surface area contributed by atoms with E-state index in [0.717, 1.165) is 6.07 Å². The standard InChI is InChI=1S/C20H21ClF2N2O5S/c1-29-17-7-4-13(19(26)30-2)10-18(17)31(27,28)24-15-11-14(21)5-6-16(15)25-9-3-8-20(22,23)12-25/h4-7,10-11,24H,3,8-9,12H2,1-2H3. The van der Waals surface area contributed by atoms with E-state index in [0.29, 0.717) is 6.54 Å². The number of nitrogens with one attached hydrogen (secondary N) is 1. The van der Waals surface area contributed by atoms with E-state index >= 15 is 0 Å². The van der Waals surface area contributed by atoms with Gasteiger partial charge in [-0.15, -0.1) is 0 Å². The molecule has 2 aromatic rings. The zero-order valence-electron chi connectivity index (χ0n) is 16.8. The highest BCUT2D eigenvalue weighted by atomic mass is 35.5. The second kappa shape index (κ2) is 8.88. The molecule has 0 radical (unpaired) electrons. The largest absolute Gasteiger partial charge is 0.495 e. The highest BCUT2D eigenvalue weighted by Gasteiger charge is 2.36. The summed E-state index contributed by atoms with van der Waals surface area (Å²) in [5.41, 5.74) is 0.317. The van der Waals surface area contributed by atoms with Crippen LogP contribution in [-0.4, -0.2) is 47.6 Å². The fourth-order valence-corrected chi connectivity index (χ4v) is 4.80. The molecule has 168 valence electrons. The molecule has 0 aliphatic carbocycles. The second-order valence-electron chi connectivity index (χ2n) is 7.01. The summed E-state index contributed by atoms with van der Waals surface area (Å²) in [6.07, 6.45) is 0.0342. The third-order valence-corrected chi connectivity index (χ3v) is 6.43. The molecule has 7 nitrogen and oxygen atoms in total. The molecule has 0 bridgehead atoms. The van der Waals surface area contributed by atoms with E-state index < -0.39 is 28.5 Å². The van der Waals surface area contributed by atoms with Gasteiger partial charge in [-0.2, -0.15) is 0 Å².